The molecule has 2 N–H and O–H groups in total. The van der Waals surface area contributed by atoms with Crippen molar-refractivity contribution >= 4 is 23.6 Å². The molecule has 3 heterocycles. The lowest BCUT2D eigenvalue weighted by molar-refractivity contribution is -0.143. The average Bonchev–Trinajstić information content (AvgIpc) is 3.47. The second-order valence-corrected chi connectivity index (χ2v) is 10.3. The van der Waals surface area contributed by atoms with Crippen LogP contribution >= 0.6 is 0 Å². The maximum Gasteiger partial charge on any atom is 0.328 e. The number of anilines is 1. The smallest absolute Gasteiger partial charge is 0.328 e. The number of benzene rings is 1. The van der Waals surface area contributed by atoms with Crippen molar-refractivity contribution < 1.29 is 19.1 Å². The molecule has 3 amide bonds. The molecule has 1 aliphatic rings. The molecule has 10 nitrogen and oxygen atoms in total. The molecule has 1 aromatic carbocycles. The van der Waals surface area contributed by atoms with Gasteiger partial charge in [-0.05, 0) is 68.5 Å². The summed E-state index contributed by atoms with van der Waals surface area (Å²) < 4.78 is 6.76. The minimum absolute atomic E-state index is 0.0328. The molecule has 0 saturated carbocycles. The van der Waals surface area contributed by atoms with Crippen LogP contribution in [0.25, 0.3) is 5.69 Å². The number of nitrogens with one attached hydrogen (secondary N) is 2. The molecule has 1 atom stereocenters. The Kier molecular flexibility index (Phi) is 8.96. The van der Waals surface area contributed by atoms with E-state index in [9.17, 15) is 14.4 Å². The van der Waals surface area contributed by atoms with E-state index < -0.39 is 12.0 Å². The summed E-state index contributed by atoms with van der Waals surface area (Å²) in [5, 5.41) is 5.82. The summed E-state index contributed by atoms with van der Waals surface area (Å²) in [5.41, 5.74) is 3.74. The van der Waals surface area contributed by atoms with Gasteiger partial charge in [0.15, 0.2) is 0 Å². The SMILES string of the molecule is COC(=O)[C@H](CC(C)C)NC(=O)N1CCC(c2nc(C)ccc2C(=O)Nc2ccc(-n3ccnc3)cc2)CC1. The Morgan fingerprint density at radius 3 is 2.41 bits per heavy atom. The van der Waals surface area contributed by atoms with E-state index in [1.165, 1.54) is 7.11 Å². The van der Waals surface area contributed by atoms with Crippen molar-refractivity contribution in [3.63, 3.8) is 0 Å². The third kappa shape index (κ3) is 7.01. The highest BCUT2D eigenvalue weighted by Gasteiger charge is 2.30. The fourth-order valence-electron chi connectivity index (χ4n) is 4.83. The van der Waals surface area contributed by atoms with E-state index in [1.807, 2.05) is 67.9 Å². The van der Waals surface area contributed by atoms with Crippen LogP contribution in [0, 0.1) is 12.8 Å². The second kappa shape index (κ2) is 12.6. The molecular formula is C29H36N6O4. The summed E-state index contributed by atoms with van der Waals surface area (Å²) >= 11 is 0. The predicted octanol–water partition coefficient (Wildman–Crippen LogP) is 4.30. The van der Waals surface area contributed by atoms with Crippen LogP contribution < -0.4 is 10.6 Å². The molecule has 1 saturated heterocycles. The van der Waals surface area contributed by atoms with E-state index in [-0.39, 0.29) is 23.8 Å². The third-order valence-corrected chi connectivity index (χ3v) is 6.90. The molecule has 0 unspecified atom stereocenters. The Morgan fingerprint density at radius 1 is 1.08 bits per heavy atom. The number of aromatic nitrogens is 3. The summed E-state index contributed by atoms with van der Waals surface area (Å²) in [7, 11) is 1.33. The summed E-state index contributed by atoms with van der Waals surface area (Å²) in [4.78, 5) is 48.8. The standard InChI is InChI=1S/C29H36N6O4/c1-19(2)17-25(28(37)39-4)33-29(38)34-14-11-21(12-15-34)26-24(10-5-20(3)31-26)27(36)32-22-6-8-23(9-7-22)35-16-13-30-18-35/h5-10,13,16,18-19,21,25H,11-12,14-15,17H2,1-4H3,(H,32,36)(H,33,38)/t25-/m0/s1. The Balaban J connectivity index is 1.40. The molecule has 1 aliphatic heterocycles. The number of piperidine rings is 1. The average molecular weight is 533 g/mol. The molecule has 0 spiro atoms. The number of urea groups is 1. The first-order valence-electron chi connectivity index (χ1n) is 13.3. The van der Waals surface area contributed by atoms with Gasteiger partial charge in [0.05, 0.1) is 24.7 Å². The monoisotopic (exact) mass is 532 g/mol. The van der Waals surface area contributed by atoms with Crippen LogP contribution in [0.3, 0.4) is 0 Å². The predicted molar refractivity (Wildman–Crippen MR) is 148 cm³/mol. The molecule has 206 valence electrons. The zero-order chi connectivity index (χ0) is 27.9. The summed E-state index contributed by atoms with van der Waals surface area (Å²) in [6.45, 7) is 6.89. The summed E-state index contributed by atoms with van der Waals surface area (Å²) in [6, 6.07) is 10.2. The van der Waals surface area contributed by atoms with Gasteiger partial charge in [0.2, 0.25) is 0 Å². The number of likely N-dealkylation sites (tertiary alicyclic amines) is 1. The highest BCUT2D eigenvalue weighted by molar-refractivity contribution is 6.05. The fraction of sp³-hybridized carbons (Fsp3) is 0.414. The van der Waals surface area contributed by atoms with Crippen molar-refractivity contribution in [2.75, 3.05) is 25.5 Å². The number of ether oxygens (including phenoxy) is 1. The fourth-order valence-corrected chi connectivity index (χ4v) is 4.83. The summed E-state index contributed by atoms with van der Waals surface area (Å²) in [5.74, 6) is -0.400. The van der Waals surface area contributed by atoms with Crippen LogP contribution in [0.2, 0.25) is 0 Å². The van der Waals surface area contributed by atoms with E-state index in [1.54, 1.807) is 17.4 Å². The number of imidazole rings is 1. The van der Waals surface area contributed by atoms with Crippen LogP contribution in [-0.2, 0) is 9.53 Å². The van der Waals surface area contributed by atoms with Crippen LogP contribution in [-0.4, -0.2) is 63.6 Å². The Hall–Kier alpha value is -4.21. The van der Waals surface area contributed by atoms with Gasteiger partial charge < -0.3 is 24.8 Å². The number of nitrogens with zero attached hydrogens (tertiary/aromatic N) is 4. The number of carbonyl (C=O) groups is 3. The molecule has 3 aromatic rings. The van der Waals surface area contributed by atoms with Crippen LogP contribution in [0.15, 0.2) is 55.1 Å². The number of esters is 1. The van der Waals surface area contributed by atoms with Crippen molar-refractivity contribution in [1.29, 1.82) is 0 Å². The normalized spacial score (nSPS) is 14.6. The quantitative estimate of drug-likeness (QED) is 0.418. The molecule has 4 rings (SSSR count). The van der Waals surface area contributed by atoms with Crippen molar-refractivity contribution in [1.82, 2.24) is 24.8 Å². The van der Waals surface area contributed by atoms with Gasteiger partial charge >= 0.3 is 12.0 Å². The van der Waals surface area contributed by atoms with Gasteiger partial charge in [-0.3, -0.25) is 9.78 Å². The van der Waals surface area contributed by atoms with Crippen LogP contribution in [0.5, 0.6) is 0 Å². The molecule has 10 heteroatoms. The number of hydrogen-bond acceptors (Lipinski definition) is 6. The van der Waals surface area contributed by atoms with Crippen molar-refractivity contribution in [3.8, 4) is 5.69 Å². The van der Waals surface area contributed by atoms with Gasteiger partial charge in [0.1, 0.15) is 6.04 Å². The maximum absolute atomic E-state index is 13.3. The topological polar surface area (TPSA) is 118 Å². The number of carbonyl (C=O) groups excluding carboxylic acids is 3. The van der Waals surface area contributed by atoms with Gasteiger partial charge in [-0.15, -0.1) is 0 Å². The Morgan fingerprint density at radius 2 is 1.79 bits per heavy atom. The molecule has 0 bridgehead atoms. The lowest BCUT2D eigenvalue weighted by atomic mass is 9.90. The van der Waals surface area contributed by atoms with Gasteiger partial charge in [0, 0.05) is 48.5 Å². The zero-order valence-electron chi connectivity index (χ0n) is 22.9. The molecule has 39 heavy (non-hydrogen) atoms. The highest BCUT2D eigenvalue weighted by atomic mass is 16.5. The van der Waals surface area contributed by atoms with E-state index in [0.29, 0.717) is 43.6 Å². The minimum atomic E-state index is -0.678. The number of pyridine rings is 1. The number of hydrogen-bond donors (Lipinski definition) is 2. The first kappa shape index (κ1) is 27.8. The largest absolute Gasteiger partial charge is 0.467 e. The maximum atomic E-state index is 13.3. The lowest BCUT2D eigenvalue weighted by Crippen LogP contribution is -2.50. The zero-order valence-corrected chi connectivity index (χ0v) is 22.9. The molecular weight excluding hydrogens is 496 g/mol. The number of amides is 3. The van der Waals surface area contributed by atoms with Gasteiger partial charge in [0.25, 0.3) is 5.91 Å². The van der Waals surface area contributed by atoms with Crippen molar-refractivity contribution in [2.24, 2.45) is 5.92 Å². The van der Waals surface area contributed by atoms with Gasteiger partial charge in [-0.2, -0.15) is 0 Å². The van der Waals surface area contributed by atoms with Gasteiger partial charge in [-0.25, -0.2) is 14.6 Å². The van der Waals surface area contributed by atoms with Crippen molar-refractivity contribution in [2.45, 2.75) is 52.0 Å². The first-order valence-corrected chi connectivity index (χ1v) is 13.3. The number of aryl methyl sites for hydroxylation is 1. The first-order chi connectivity index (χ1) is 18.7. The minimum Gasteiger partial charge on any atom is -0.467 e. The molecule has 0 radical (unpaired) electrons. The molecule has 2 aromatic heterocycles. The van der Waals surface area contributed by atoms with Crippen molar-refractivity contribution in [3.05, 3.63) is 72.1 Å². The second-order valence-electron chi connectivity index (χ2n) is 10.3. The van der Waals surface area contributed by atoms with E-state index in [4.69, 9.17) is 9.72 Å². The number of methoxy groups -OCH3 is 1. The number of rotatable bonds is 8. The van der Waals surface area contributed by atoms with E-state index in [0.717, 1.165) is 17.1 Å². The van der Waals surface area contributed by atoms with Gasteiger partial charge in [-0.1, -0.05) is 13.8 Å². The van der Waals surface area contributed by atoms with E-state index in [2.05, 4.69) is 15.6 Å². The molecule has 0 aliphatic carbocycles. The lowest BCUT2D eigenvalue weighted by Gasteiger charge is -2.33. The highest BCUT2D eigenvalue weighted by Crippen LogP contribution is 2.30. The Labute approximate surface area is 228 Å². The Bertz CT molecular complexity index is 1280. The third-order valence-electron chi connectivity index (χ3n) is 6.90. The van der Waals surface area contributed by atoms with Crippen LogP contribution in [0.4, 0.5) is 10.5 Å². The van der Waals surface area contributed by atoms with E-state index >= 15 is 0 Å². The summed E-state index contributed by atoms with van der Waals surface area (Å²) in [6.07, 6.45) is 7.12. The molecule has 1 fully saturated rings. The van der Waals surface area contributed by atoms with Crippen LogP contribution in [0.1, 0.15) is 60.8 Å².